The van der Waals surface area contributed by atoms with Crippen molar-refractivity contribution in [1.82, 2.24) is 10.4 Å². The number of benzene rings is 2. The summed E-state index contributed by atoms with van der Waals surface area (Å²) in [7, 11) is 0. The van der Waals surface area contributed by atoms with Gasteiger partial charge in [-0.1, -0.05) is 17.7 Å². The van der Waals surface area contributed by atoms with Gasteiger partial charge in [-0.3, -0.25) is 34.4 Å². The molecule has 0 aromatic heterocycles. The summed E-state index contributed by atoms with van der Waals surface area (Å²) in [6, 6.07) is 13.1. The quantitative estimate of drug-likeness (QED) is 0.504. The Kier molecular flexibility index (Phi) is 6.99. The molecule has 3 rings (SSSR count). The SMILES string of the molecule is CC(=O)c1ccc(NC(=O)COC(=O)[C@H]2CC(=O)N(NC(=O)c3ccc(C)cc3)C2)cc1. The van der Waals surface area contributed by atoms with E-state index in [2.05, 4.69) is 10.7 Å². The average Bonchev–Trinajstić information content (AvgIpc) is 3.13. The van der Waals surface area contributed by atoms with Crippen LogP contribution in [0.25, 0.3) is 0 Å². The van der Waals surface area contributed by atoms with Crippen LogP contribution in [0.2, 0.25) is 0 Å². The Morgan fingerprint density at radius 3 is 2.25 bits per heavy atom. The van der Waals surface area contributed by atoms with Gasteiger partial charge in [0, 0.05) is 23.2 Å². The fraction of sp³-hybridized carbons (Fsp3) is 0.261. The lowest BCUT2D eigenvalue weighted by Gasteiger charge is -2.17. The van der Waals surface area contributed by atoms with Gasteiger partial charge >= 0.3 is 5.97 Å². The van der Waals surface area contributed by atoms with Crippen molar-refractivity contribution in [2.24, 2.45) is 5.92 Å². The van der Waals surface area contributed by atoms with Crippen LogP contribution in [0.1, 0.15) is 39.6 Å². The Labute approximate surface area is 184 Å². The van der Waals surface area contributed by atoms with Gasteiger partial charge in [0.15, 0.2) is 12.4 Å². The first-order valence-electron chi connectivity index (χ1n) is 9.98. The normalized spacial score (nSPS) is 15.2. The number of hydrogen-bond acceptors (Lipinski definition) is 6. The number of anilines is 1. The van der Waals surface area contributed by atoms with Crippen LogP contribution in [-0.4, -0.2) is 47.6 Å². The number of nitrogens with one attached hydrogen (secondary N) is 2. The van der Waals surface area contributed by atoms with E-state index in [1.54, 1.807) is 48.5 Å². The summed E-state index contributed by atoms with van der Waals surface area (Å²) in [6.07, 6.45) is -0.124. The van der Waals surface area contributed by atoms with Gasteiger partial charge < -0.3 is 10.1 Å². The predicted molar refractivity (Wildman–Crippen MR) is 115 cm³/mol. The Balaban J connectivity index is 1.46. The van der Waals surface area contributed by atoms with Crippen LogP contribution in [0, 0.1) is 12.8 Å². The fourth-order valence-corrected chi connectivity index (χ4v) is 3.11. The number of aryl methyl sites for hydroxylation is 1. The molecule has 9 nitrogen and oxygen atoms in total. The Bertz CT molecular complexity index is 1050. The molecule has 0 radical (unpaired) electrons. The molecule has 0 aliphatic carbocycles. The van der Waals surface area contributed by atoms with E-state index in [1.165, 1.54) is 6.92 Å². The third kappa shape index (κ3) is 5.78. The van der Waals surface area contributed by atoms with Crippen LogP contribution in [0.4, 0.5) is 5.69 Å². The van der Waals surface area contributed by atoms with Crippen molar-refractivity contribution in [2.75, 3.05) is 18.5 Å². The van der Waals surface area contributed by atoms with Crippen LogP contribution in [-0.2, 0) is 19.1 Å². The molecule has 2 N–H and O–H groups in total. The number of ether oxygens (including phenoxy) is 1. The summed E-state index contributed by atoms with van der Waals surface area (Å²) >= 11 is 0. The molecule has 0 saturated carbocycles. The zero-order valence-electron chi connectivity index (χ0n) is 17.7. The lowest BCUT2D eigenvalue weighted by Crippen LogP contribution is -2.43. The van der Waals surface area contributed by atoms with E-state index in [0.29, 0.717) is 16.8 Å². The van der Waals surface area contributed by atoms with Crippen molar-refractivity contribution >= 4 is 35.2 Å². The maximum atomic E-state index is 12.3. The van der Waals surface area contributed by atoms with Crippen molar-refractivity contribution in [1.29, 1.82) is 0 Å². The van der Waals surface area contributed by atoms with Crippen molar-refractivity contribution in [3.63, 3.8) is 0 Å². The maximum absolute atomic E-state index is 12.3. The molecule has 2 aromatic rings. The van der Waals surface area contributed by atoms with Crippen molar-refractivity contribution in [3.8, 4) is 0 Å². The zero-order chi connectivity index (χ0) is 23.3. The topological polar surface area (TPSA) is 122 Å². The Morgan fingerprint density at radius 2 is 1.62 bits per heavy atom. The smallest absolute Gasteiger partial charge is 0.311 e. The molecule has 1 atom stereocenters. The summed E-state index contributed by atoms with van der Waals surface area (Å²) in [6.45, 7) is 2.78. The number of carbonyl (C=O) groups is 5. The van der Waals surface area contributed by atoms with Gasteiger partial charge in [-0.15, -0.1) is 0 Å². The third-order valence-corrected chi connectivity index (χ3v) is 4.93. The number of hydrogen-bond donors (Lipinski definition) is 2. The third-order valence-electron chi connectivity index (χ3n) is 4.93. The number of nitrogens with zero attached hydrogens (tertiary/aromatic N) is 1. The highest BCUT2D eigenvalue weighted by Gasteiger charge is 2.36. The maximum Gasteiger partial charge on any atom is 0.311 e. The lowest BCUT2D eigenvalue weighted by molar-refractivity contribution is -0.151. The summed E-state index contributed by atoms with van der Waals surface area (Å²) in [5.41, 5.74) is 4.85. The van der Waals surface area contributed by atoms with Crippen LogP contribution in [0.15, 0.2) is 48.5 Å². The van der Waals surface area contributed by atoms with Crippen molar-refractivity contribution in [3.05, 3.63) is 65.2 Å². The molecule has 166 valence electrons. The standard InChI is InChI=1S/C23H23N3O6/c1-14-3-5-17(6-4-14)22(30)25-26-12-18(11-21(26)29)23(31)32-13-20(28)24-19-9-7-16(8-10-19)15(2)27/h3-10,18H,11-13H2,1-2H3,(H,24,28)(H,25,30)/t18-/m0/s1. The number of esters is 1. The van der Waals surface area contributed by atoms with E-state index in [1.807, 2.05) is 6.92 Å². The number of Topliss-reactive ketones (excluding diaryl/α,β-unsaturated/α-hetero) is 1. The Morgan fingerprint density at radius 1 is 1.00 bits per heavy atom. The highest BCUT2D eigenvalue weighted by molar-refractivity contribution is 5.97. The highest BCUT2D eigenvalue weighted by Crippen LogP contribution is 2.18. The van der Waals surface area contributed by atoms with Crippen LogP contribution in [0.3, 0.4) is 0 Å². The van der Waals surface area contributed by atoms with Gasteiger partial charge in [0.05, 0.1) is 12.5 Å². The summed E-state index contributed by atoms with van der Waals surface area (Å²) in [4.78, 5) is 60.0. The second kappa shape index (κ2) is 9.86. The van der Waals surface area contributed by atoms with E-state index in [4.69, 9.17) is 4.74 Å². The molecule has 0 bridgehead atoms. The summed E-state index contributed by atoms with van der Waals surface area (Å²) < 4.78 is 5.02. The fourth-order valence-electron chi connectivity index (χ4n) is 3.11. The van der Waals surface area contributed by atoms with E-state index in [-0.39, 0.29) is 18.7 Å². The van der Waals surface area contributed by atoms with Crippen LogP contribution >= 0.6 is 0 Å². The molecule has 2 aromatic carbocycles. The van der Waals surface area contributed by atoms with Gasteiger partial charge in [-0.2, -0.15) is 0 Å². The van der Waals surface area contributed by atoms with Gasteiger partial charge in [0.25, 0.3) is 11.8 Å². The monoisotopic (exact) mass is 437 g/mol. The van der Waals surface area contributed by atoms with Crippen LogP contribution in [0.5, 0.6) is 0 Å². The molecule has 1 aliphatic heterocycles. The van der Waals surface area contributed by atoms with Crippen molar-refractivity contribution in [2.45, 2.75) is 20.3 Å². The predicted octanol–water partition coefficient (Wildman–Crippen LogP) is 1.87. The highest BCUT2D eigenvalue weighted by atomic mass is 16.5. The minimum Gasteiger partial charge on any atom is -0.455 e. The molecule has 3 amide bonds. The van der Waals surface area contributed by atoms with Gasteiger partial charge in [0.2, 0.25) is 5.91 Å². The second-order valence-electron chi connectivity index (χ2n) is 7.50. The molecular formula is C23H23N3O6. The number of carbonyl (C=O) groups excluding carboxylic acids is 5. The number of amides is 3. The summed E-state index contributed by atoms with van der Waals surface area (Å²) in [5.74, 6) is -3.00. The first kappa shape index (κ1) is 22.7. The molecule has 1 fully saturated rings. The minimum atomic E-state index is -0.788. The van der Waals surface area contributed by atoms with E-state index in [0.717, 1.165) is 10.6 Å². The first-order chi connectivity index (χ1) is 15.2. The largest absolute Gasteiger partial charge is 0.455 e. The minimum absolute atomic E-state index is 0.0383. The van der Waals surface area contributed by atoms with Gasteiger partial charge in [-0.05, 0) is 50.2 Å². The molecule has 1 heterocycles. The number of rotatable bonds is 7. The molecule has 0 unspecified atom stereocenters. The van der Waals surface area contributed by atoms with E-state index < -0.39 is 36.2 Å². The van der Waals surface area contributed by atoms with E-state index >= 15 is 0 Å². The van der Waals surface area contributed by atoms with Crippen molar-refractivity contribution < 1.29 is 28.7 Å². The zero-order valence-corrected chi connectivity index (χ0v) is 17.7. The first-order valence-corrected chi connectivity index (χ1v) is 9.98. The van der Waals surface area contributed by atoms with Crippen LogP contribution < -0.4 is 10.7 Å². The average molecular weight is 437 g/mol. The number of ketones is 1. The van der Waals surface area contributed by atoms with Gasteiger partial charge in [0.1, 0.15) is 0 Å². The molecular weight excluding hydrogens is 414 g/mol. The lowest BCUT2D eigenvalue weighted by atomic mass is 10.1. The van der Waals surface area contributed by atoms with Gasteiger partial charge in [-0.25, -0.2) is 0 Å². The second-order valence-corrected chi connectivity index (χ2v) is 7.50. The molecule has 32 heavy (non-hydrogen) atoms. The molecule has 1 aliphatic rings. The Hall–Kier alpha value is -4.01. The molecule has 0 spiro atoms. The number of hydrazine groups is 1. The molecule has 1 saturated heterocycles. The van der Waals surface area contributed by atoms with E-state index in [9.17, 15) is 24.0 Å². The molecule has 9 heteroatoms. The summed E-state index contributed by atoms with van der Waals surface area (Å²) in [5, 5.41) is 3.65.